The van der Waals surface area contributed by atoms with Gasteiger partial charge >= 0.3 is 0 Å². The number of carbonyl (C=O) groups is 1. The maximum Gasteiger partial charge on any atom is 0.255 e. The number of aromatic nitrogens is 1. The number of anilines is 1. The number of pyridine rings is 1. The van der Waals surface area contributed by atoms with Crippen LogP contribution in [-0.4, -0.2) is 41.0 Å². The normalized spacial score (nSPS) is 37.3. The molecule has 1 atom stereocenters. The number of hydroxylamine groups is 1. The highest BCUT2D eigenvalue weighted by molar-refractivity contribution is 5.93. The van der Waals surface area contributed by atoms with Gasteiger partial charge in [0.15, 0.2) is 5.82 Å². The molecule has 0 N–H and O–H groups in total. The SMILES string of the molecule is O=C1CC2(CN3CCC2CC3)ON1c1ccccn1. The number of carbonyl (C=O) groups excluding carboxylic acids is 1. The highest BCUT2D eigenvalue weighted by atomic mass is 16.7. The molecule has 1 spiro atoms. The van der Waals surface area contributed by atoms with E-state index in [4.69, 9.17) is 4.84 Å². The Morgan fingerprint density at radius 1 is 1.32 bits per heavy atom. The van der Waals surface area contributed by atoms with Crippen molar-refractivity contribution in [2.24, 2.45) is 5.92 Å². The Kier molecular flexibility index (Phi) is 2.40. The summed E-state index contributed by atoms with van der Waals surface area (Å²) >= 11 is 0. The summed E-state index contributed by atoms with van der Waals surface area (Å²) in [4.78, 5) is 25.0. The molecule has 0 radical (unpaired) electrons. The van der Waals surface area contributed by atoms with Crippen molar-refractivity contribution in [2.75, 3.05) is 24.7 Å². The van der Waals surface area contributed by atoms with Crippen LogP contribution >= 0.6 is 0 Å². The fraction of sp³-hybridized carbons (Fsp3) is 0.571. The highest BCUT2D eigenvalue weighted by Crippen LogP contribution is 2.45. The molecule has 1 unspecified atom stereocenters. The van der Waals surface area contributed by atoms with Gasteiger partial charge in [0.05, 0.1) is 6.42 Å². The van der Waals surface area contributed by atoms with E-state index in [1.54, 1.807) is 6.20 Å². The van der Waals surface area contributed by atoms with E-state index in [1.807, 2.05) is 18.2 Å². The third-order valence-electron chi connectivity index (χ3n) is 4.63. The average molecular weight is 259 g/mol. The van der Waals surface area contributed by atoms with Gasteiger partial charge in [-0.25, -0.2) is 4.98 Å². The highest BCUT2D eigenvalue weighted by Gasteiger charge is 2.55. The van der Waals surface area contributed by atoms with Crippen LogP contribution in [0.4, 0.5) is 5.82 Å². The van der Waals surface area contributed by atoms with E-state index in [2.05, 4.69) is 9.88 Å². The Labute approximate surface area is 112 Å². The van der Waals surface area contributed by atoms with E-state index in [1.165, 1.54) is 5.06 Å². The van der Waals surface area contributed by atoms with E-state index in [9.17, 15) is 4.79 Å². The lowest BCUT2D eigenvalue weighted by Gasteiger charge is -2.49. The van der Waals surface area contributed by atoms with Gasteiger partial charge in [0.2, 0.25) is 0 Å². The van der Waals surface area contributed by atoms with Gasteiger partial charge in [-0.3, -0.25) is 9.63 Å². The third kappa shape index (κ3) is 1.69. The maximum atomic E-state index is 12.3. The summed E-state index contributed by atoms with van der Waals surface area (Å²) in [7, 11) is 0. The Hall–Kier alpha value is -1.46. The Balaban J connectivity index is 1.63. The van der Waals surface area contributed by atoms with Crippen molar-refractivity contribution in [3.63, 3.8) is 0 Å². The molecule has 5 heterocycles. The molecular formula is C14H17N3O2. The zero-order valence-corrected chi connectivity index (χ0v) is 10.8. The van der Waals surface area contributed by atoms with E-state index in [-0.39, 0.29) is 11.5 Å². The molecule has 4 aliphatic heterocycles. The minimum atomic E-state index is -0.300. The minimum Gasteiger partial charge on any atom is -0.300 e. The van der Waals surface area contributed by atoms with Gasteiger partial charge in [-0.15, -0.1) is 0 Å². The summed E-state index contributed by atoms with van der Waals surface area (Å²) in [5, 5.41) is 1.40. The Morgan fingerprint density at radius 3 is 2.79 bits per heavy atom. The van der Waals surface area contributed by atoms with Crippen molar-refractivity contribution >= 4 is 11.7 Å². The predicted octanol–water partition coefficient (Wildman–Crippen LogP) is 1.21. The third-order valence-corrected chi connectivity index (χ3v) is 4.63. The van der Waals surface area contributed by atoms with Crippen molar-refractivity contribution in [1.82, 2.24) is 9.88 Å². The molecule has 4 saturated heterocycles. The number of nitrogens with zero attached hydrogens (tertiary/aromatic N) is 3. The topological polar surface area (TPSA) is 45.7 Å². The zero-order valence-electron chi connectivity index (χ0n) is 10.8. The molecule has 100 valence electrons. The van der Waals surface area contributed by atoms with E-state index in [0.717, 1.165) is 32.5 Å². The molecule has 19 heavy (non-hydrogen) atoms. The van der Waals surface area contributed by atoms with Crippen LogP contribution in [0.25, 0.3) is 0 Å². The van der Waals surface area contributed by atoms with Crippen molar-refractivity contribution in [3.05, 3.63) is 24.4 Å². The molecule has 4 fully saturated rings. The second-order valence-corrected chi connectivity index (χ2v) is 5.76. The van der Waals surface area contributed by atoms with Gasteiger partial charge in [0, 0.05) is 12.7 Å². The second kappa shape index (κ2) is 4.02. The zero-order chi connectivity index (χ0) is 12.9. The quantitative estimate of drug-likeness (QED) is 0.760. The first-order valence-electron chi connectivity index (χ1n) is 6.92. The van der Waals surface area contributed by atoms with Crippen molar-refractivity contribution in [1.29, 1.82) is 0 Å². The monoisotopic (exact) mass is 259 g/mol. The number of amides is 1. The average Bonchev–Trinajstić information content (AvgIpc) is 2.77. The molecule has 4 aliphatic rings. The van der Waals surface area contributed by atoms with Crippen LogP contribution in [0.3, 0.4) is 0 Å². The molecule has 2 bridgehead atoms. The first-order chi connectivity index (χ1) is 9.27. The largest absolute Gasteiger partial charge is 0.300 e. The first-order valence-corrected chi connectivity index (χ1v) is 6.92. The van der Waals surface area contributed by atoms with E-state index < -0.39 is 0 Å². The molecule has 0 aromatic carbocycles. The number of fused-ring (bicyclic) bond motifs is 2. The summed E-state index contributed by atoms with van der Waals surface area (Å²) in [6.45, 7) is 3.17. The van der Waals surface area contributed by atoms with Crippen molar-refractivity contribution in [3.8, 4) is 0 Å². The molecule has 1 amide bonds. The molecular weight excluding hydrogens is 242 g/mol. The summed E-state index contributed by atoms with van der Waals surface area (Å²) in [6.07, 6.45) is 4.46. The molecule has 5 rings (SSSR count). The number of hydrogen-bond acceptors (Lipinski definition) is 4. The summed E-state index contributed by atoms with van der Waals surface area (Å²) in [6, 6.07) is 5.53. The van der Waals surface area contributed by atoms with Gasteiger partial charge < -0.3 is 4.90 Å². The number of rotatable bonds is 1. The van der Waals surface area contributed by atoms with Gasteiger partial charge in [0.1, 0.15) is 5.60 Å². The van der Waals surface area contributed by atoms with Gasteiger partial charge in [-0.2, -0.15) is 5.06 Å². The summed E-state index contributed by atoms with van der Waals surface area (Å²) < 4.78 is 0. The van der Waals surface area contributed by atoms with Gasteiger partial charge in [-0.1, -0.05) is 6.07 Å². The van der Waals surface area contributed by atoms with E-state index >= 15 is 0 Å². The van der Waals surface area contributed by atoms with Crippen LogP contribution in [-0.2, 0) is 9.63 Å². The fourth-order valence-corrected chi connectivity index (χ4v) is 3.67. The van der Waals surface area contributed by atoms with Crippen LogP contribution in [0, 0.1) is 5.92 Å². The van der Waals surface area contributed by atoms with Crippen LogP contribution < -0.4 is 5.06 Å². The molecule has 1 aromatic rings. The standard InChI is InChI=1S/C14H17N3O2/c18-13-9-14(10-16-7-4-11(14)5-8-16)19-17(13)12-3-1-2-6-15-12/h1-3,6,11H,4-5,7-10H2. The molecule has 5 nitrogen and oxygen atoms in total. The molecule has 5 heteroatoms. The minimum absolute atomic E-state index is 0.0347. The first kappa shape index (κ1) is 11.4. The number of piperidine rings is 3. The van der Waals surface area contributed by atoms with Crippen LogP contribution in [0.1, 0.15) is 19.3 Å². The van der Waals surface area contributed by atoms with Gasteiger partial charge in [0.25, 0.3) is 5.91 Å². The Bertz CT molecular complexity index is 499. The van der Waals surface area contributed by atoms with Crippen molar-refractivity contribution < 1.29 is 9.63 Å². The predicted molar refractivity (Wildman–Crippen MR) is 69.3 cm³/mol. The summed E-state index contributed by atoms with van der Waals surface area (Å²) in [5.74, 6) is 1.14. The van der Waals surface area contributed by atoms with Crippen LogP contribution in [0.5, 0.6) is 0 Å². The number of hydrogen-bond donors (Lipinski definition) is 0. The lowest BCUT2D eigenvalue weighted by atomic mass is 9.74. The van der Waals surface area contributed by atoms with Crippen LogP contribution in [0.15, 0.2) is 24.4 Å². The smallest absolute Gasteiger partial charge is 0.255 e. The molecule has 0 aliphatic carbocycles. The van der Waals surface area contributed by atoms with Crippen LogP contribution in [0.2, 0.25) is 0 Å². The summed E-state index contributed by atoms with van der Waals surface area (Å²) in [5.41, 5.74) is -0.300. The van der Waals surface area contributed by atoms with Crippen molar-refractivity contribution in [2.45, 2.75) is 24.9 Å². The Morgan fingerprint density at radius 2 is 2.16 bits per heavy atom. The lowest BCUT2D eigenvalue weighted by Crippen LogP contribution is -2.59. The molecule has 1 aromatic heterocycles. The molecule has 0 saturated carbocycles. The van der Waals surface area contributed by atoms with Gasteiger partial charge in [-0.05, 0) is 44.0 Å². The second-order valence-electron chi connectivity index (χ2n) is 5.76. The maximum absolute atomic E-state index is 12.3. The van der Waals surface area contributed by atoms with E-state index in [0.29, 0.717) is 18.2 Å². The lowest BCUT2D eigenvalue weighted by molar-refractivity contribution is -0.132. The fourth-order valence-electron chi connectivity index (χ4n) is 3.67.